The van der Waals surface area contributed by atoms with E-state index in [0.717, 1.165) is 12.2 Å². The standard InChI is InChI=1S/C9H9BrO.C9H10O/c1-7-2-4-8(5-3-7)9(11)6-10;1-7-2-4-8(5-3-7)9-6-10-9/h2-5H,6H2,1H3;2-5,9H,6H2,1H3/t;9-/m.0/s1. The summed E-state index contributed by atoms with van der Waals surface area (Å²) in [5, 5.41) is 0.399. The highest BCUT2D eigenvalue weighted by atomic mass is 79.9. The second-order valence-corrected chi connectivity index (χ2v) is 5.72. The molecule has 1 fully saturated rings. The van der Waals surface area contributed by atoms with Crippen molar-refractivity contribution in [1.29, 1.82) is 0 Å². The molecule has 1 aliphatic heterocycles. The molecule has 110 valence electrons. The second-order valence-electron chi connectivity index (χ2n) is 5.16. The number of rotatable bonds is 3. The van der Waals surface area contributed by atoms with Crippen LogP contribution in [0.2, 0.25) is 0 Å². The molecule has 3 heteroatoms. The fraction of sp³-hybridized carbons (Fsp3) is 0.278. The molecule has 21 heavy (non-hydrogen) atoms. The minimum absolute atomic E-state index is 0.130. The number of benzene rings is 2. The Hall–Kier alpha value is -1.45. The number of carbonyl (C=O) groups excluding carboxylic acids is 1. The Labute approximate surface area is 134 Å². The van der Waals surface area contributed by atoms with Gasteiger partial charge in [-0.15, -0.1) is 0 Å². The molecular weight excluding hydrogens is 328 g/mol. The van der Waals surface area contributed by atoms with Crippen molar-refractivity contribution in [3.63, 3.8) is 0 Å². The lowest BCUT2D eigenvalue weighted by Crippen LogP contribution is -1.98. The summed E-state index contributed by atoms with van der Waals surface area (Å²) in [7, 11) is 0. The monoisotopic (exact) mass is 346 g/mol. The van der Waals surface area contributed by atoms with Gasteiger partial charge in [0.15, 0.2) is 5.78 Å². The molecule has 2 aromatic carbocycles. The van der Waals surface area contributed by atoms with E-state index in [1.54, 1.807) is 0 Å². The van der Waals surface area contributed by atoms with E-state index in [0.29, 0.717) is 11.4 Å². The van der Waals surface area contributed by atoms with Gasteiger partial charge in [0, 0.05) is 5.56 Å². The van der Waals surface area contributed by atoms with Crippen molar-refractivity contribution >= 4 is 21.7 Å². The van der Waals surface area contributed by atoms with E-state index in [-0.39, 0.29) is 5.78 Å². The maximum Gasteiger partial charge on any atom is 0.173 e. The normalized spacial score (nSPS) is 15.9. The van der Waals surface area contributed by atoms with Crippen LogP contribution < -0.4 is 0 Å². The number of halogens is 1. The molecule has 0 radical (unpaired) electrons. The van der Waals surface area contributed by atoms with Gasteiger partial charge in [-0.1, -0.05) is 75.6 Å². The molecule has 2 aromatic rings. The van der Waals surface area contributed by atoms with Gasteiger partial charge in [-0.25, -0.2) is 0 Å². The number of ether oxygens (including phenoxy) is 1. The Kier molecular flexibility index (Phi) is 5.71. The molecule has 1 aliphatic rings. The molecule has 3 rings (SSSR count). The fourth-order valence-electron chi connectivity index (χ4n) is 1.84. The lowest BCUT2D eigenvalue weighted by atomic mass is 10.1. The second kappa shape index (κ2) is 7.53. The van der Waals surface area contributed by atoms with Gasteiger partial charge in [0.05, 0.1) is 11.9 Å². The van der Waals surface area contributed by atoms with Crippen LogP contribution in [0.3, 0.4) is 0 Å². The summed E-state index contributed by atoms with van der Waals surface area (Å²) in [6, 6.07) is 16.1. The first kappa shape index (κ1) is 15.9. The van der Waals surface area contributed by atoms with Crippen LogP contribution in [0.4, 0.5) is 0 Å². The van der Waals surface area contributed by atoms with Gasteiger partial charge in [0.25, 0.3) is 0 Å². The molecular formula is C18H19BrO2. The Bertz CT molecular complexity index is 584. The van der Waals surface area contributed by atoms with E-state index in [4.69, 9.17) is 4.74 Å². The molecule has 0 unspecified atom stereocenters. The molecule has 0 N–H and O–H groups in total. The van der Waals surface area contributed by atoms with Crippen molar-refractivity contribution in [2.24, 2.45) is 0 Å². The largest absolute Gasteiger partial charge is 0.368 e. The summed E-state index contributed by atoms with van der Waals surface area (Å²) in [6.45, 7) is 5.00. The van der Waals surface area contributed by atoms with E-state index in [2.05, 4.69) is 47.1 Å². The Morgan fingerprint density at radius 3 is 1.95 bits per heavy atom. The molecule has 0 amide bonds. The number of Topliss-reactive ketones (excluding diaryl/α,β-unsaturated/α-hetero) is 1. The first-order valence-corrected chi connectivity index (χ1v) is 8.06. The Morgan fingerprint density at radius 2 is 1.52 bits per heavy atom. The first-order valence-electron chi connectivity index (χ1n) is 6.94. The maximum absolute atomic E-state index is 11.1. The molecule has 0 aromatic heterocycles. The quantitative estimate of drug-likeness (QED) is 0.460. The summed E-state index contributed by atoms with van der Waals surface area (Å²) in [4.78, 5) is 11.1. The van der Waals surface area contributed by atoms with E-state index < -0.39 is 0 Å². The molecule has 1 saturated heterocycles. The summed E-state index contributed by atoms with van der Waals surface area (Å²) in [5.74, 6) is 0.130. The third-order valence-corrected chi connectivity index (χ3v) is 3.79. The van der Waals surface area contributed by atoms with E-state index in [1.165, 1.54) is 16.7 Å². The van der Waals surface area contributed by atoms with E-state index in [9.17, 15) is 4.79 Å². The van der Waals surface area contributed by atoms with Crippen LogP contribution >= 0.6 is 15.9 Å². The minimum atomic E-state index is 0.130. The average Bonchev–Trinajstić information content (AvgIpc) is 3.33. The third-order valence-electron chi connectivity index (χ3n) is 3.28. The van der Waals surface area contributed by atoms with Crippen molar-refractivity contribution < 1.29 is 9.53 Å². The summed E-state index contributed by atoms with van der Waals surface area (Å²) >= 11 is 3.12. The van der Waals surface area contributed by atoms with Crippen molar-refractivity contribution in [3.05, 3.63) is 70.8 Å². The van der Waals surface area contributed by atoms with E-state index in [1.807, 2.05) is 31.2 Å². The van der Waals surface area contributed by atoms with Crippen LogP contribution in [-0.2, 0) is 4.74 Å². The van der Waals surface area contributed by atoms with Gasteiger partial charge in [-0.05, 0) is 19.4 Å². The van der Waals surface area contributed by atoms with Gasteiger partial charge in [-0.3, -0.25) is 4.79 Å². The lowest BCUT2D eigenvalue weighted by Gasteiger charge is -1.96. The predicted octanol–water partition coefficient (Wildman–Crippen LogP) is 4.64. The average molecular weight is 347 g/mol. The van der Waals surface area contributed by atoms with Gasteiger partial charge in [0.2, 0.25) is 0 Å². The molecule has 0 bridgehead atoms. The molecule has 2 nitrogen and oxygen atoms in total. The van der Waals surface area contributed by atoms with Crippen LogP contribution in [-0.4, -0.2) is 17.7 Å². The van der Waals surface area contributed by atoms with Crippen LogP contribution in [0.1, 0.15) is 33.2 Å². The molecule has 0 spiro atoms. The highest BCUT2D eigenvalue weighted by Crippen LogP contribution is 2.29. The molecule has 0 saturated carbocycles. The van der Waals surface area contributed by atoms with Crippen LogP contribution in [0.25, 0.3) is 0 Å². The zero-order valence-corrected chi connectivity index (χ0v) is 13.9. The van der Waals surface area contributed by atoms with Crippen molar-refractivity contribution in [3.8, 4) is 0 Å². The Balaban J connectivity index is 0.000000154. The number of ketones is 1. The van der Waals surface area contributed by atoms with Gasteiger partial charge < -0.3 is 4.74 Å². The zero-order valence-electron chi connectivity index (χ0n) is 12.3. The zero-order chi connectivity index (χ0) is 15.2. The van der Waals surface area contributed by atoms with Crippen molar-refractivity contribution in [2.45, 2.75) is 20.0 Å². The smallest absolute Gasteiger partial charge is 0.173 e. The maximum atomic E-state index is 11.1. The number of hydrogen-bond donors (Lipinski definition) is 0. The molecule has 1 heterocycles. The van der Waals surface area contributed by atoms with Crippen LogP contribution in [0, 0.1) is 13.8 Å². The van der Waals surface area contributed by atoms with Gasteiger partial charge in [0.1, 0.15) is 6.10 Å². The number of aryl methyl sites for hydroxylation is 2. The lowest BCUT2D eigenvalue weighted by molar-refractivity contribution is 0.102. The fourth-order valence-corrected chi connectivity index (χ4v) is 2.16. The van der Waals surface area contributed by atoms with Crippen LogP contribution in [0.15, 0.2) is 48.5 Å². The summed E-state index contributed by atoms with van der Waals surface area (Å²) in [6.07, 6.45) is 0.403. The number of hydrogen-bond acceptors (Lipinski definition) is 2. The number of carbonyl (C=O) groups is 1. The Morgan fingerprint density at radius 1 is 1.05 bits per heavy atom. The van der Waals surface area contributed by atoms with Crippen molar-refractivity contribution in [1.82, 2.24) is 0 Å². The number of alkyl halides is 1. The highest BCUT2D eigenvalue weighted by molar-refractivity contribution is 9.09. The summed E-state index contributed by atoms with van der Waals surface area (Å²) in [5.41, 5.74) is 4.57. The van der Waals surface area contributed by atoms with Gasteiger partial charge >= 0.3 is 0 Å². The number of epoxide rings is 1. The summed E-state index contributed by atoms with van der Waals surface area (Å²) < 4.78 is 5.13. The predicted molar refractivity (Wildman–Crippen MR) is 89.2 cm³/mol. The van der Waals surface area contributed by atoms with Crippen LogP contribution in [0.5, 0.6) is 0 Å². The SMILES string of the molecule is Cc1ccc(C(=O)CBr)cc1.Cc1ccc([C@@H]2CO2)cc1. The molecule has 1 atom stereocenters. The van der Waals surface area contributed by atoms with Crippen molar-refractivity contribution in [2.75, 3.05) is 11.9 Å². The first-order chi connectivity index (χ1) is 10.1. The topological polar surface area (TPSA) is 29.6 Å². The highest BCUT2D eigenvalue weighted by Gasteiger charge is 2.23. The third kappa shape index (κ3) is 5.10. The van der Waals surface area contributed by atoms with E-state index >= 15 is 0 Å². The molecule has 0 aliphatic carbocycles. The minimum Gasteiger partial charge on any atom is -0.368 e. The van der Waals surface area contributed by atoms with Gasteiger partial charge in [-0.2, -0.15) is 0 Å².